The number of carbonyl (C=O) groups excluding carboxylic acids is 1. The number of carbonyl (C=O) groups is 1. The zero-order valence-corrected chi connectivity index (χ0v) is 16.5. The minimum absolute atomic E-state index is 0.0504. The Labute approximate surface area is 167 Å². The molecule has 0 saturated carbocycles. The van der Waals surface area contributed by atoms with Crippen LogP contribution in [-0.2, 0) is 13.0 Å². The second-order valence-corrected chi connectivity index (χ2v) is 7.10. The van der Waals surface area contributed by atoms with Crippen LogP contribution in [0.3, 0.4) is 0 Å². The molecule has 1 aromatic heterocycles. The topological polar surface area (TPSA) is 45.2 Å². The van der Waals surface area contributed by atoms with Crippen molar-refractivity contribution in [3.05, 3.63) is 95.8 Å². The van der Waals surface area contributed by atoms with Crippen LogP contribution in [0.1, 0.15) is 35.5 Å². The molecule has 1 heterocycles. The van der Waals surface area contributed by atoms with Gasteiger partial charge < -0.3 is 10.2 Å². The van der Waals surface area contributed by atoms with Crippen LogP contribution in [0.15, 0.2) is 79.0 Å². The molecule has 4 heteroatoms. The van der Waals surface area contributed by atoms with Gasteiger partial charge in [0.25, 0.3) is 5.91 Å². The van der Waals surface area contributed by atoms with Crippen molar-refractivity contribution < 1.29 is 4.79 Å². The minimum atomic E-state index is -0.0504. The Morgan fingerprint density at radius 2 is 1.61 bits per heavy atom. The largest absolute Gasteiger partial charge is 0.385 e. The van der Waals surface area contributed by atoms with E-state index < -0.39 is 0 Å². The molecular formula is C24H27N3O. The molecule has 3 aromatic rings. The average molecular weight is 374 g/mol. The Kier molecular flexibility index (Phi) is 6.79. The van der Waals surface area contributed by atoms with Crippen LogP contribution < -0.4 is 5.32 Å². The van der Waals surface area contributed by atoms with Crippen LogP contribution in [-0.4, -0.2) is 28.4 Å². The van der Waals surface area contributed by atoms with Crippen molar-refractivity contribution in [2.75, 3.05) is 11.9 Å². The lowest BCUT2D eigenvalue weighted by atomic mass is 10.1. The van der Waals surface area contributed by atoms with Gasteiger partial charge in [0.1, 0.15) is 5.69 Å². The highest BCUT2D eigenvalue weighted by Gasteiger charge is 2.20. The quantitative estimate of drug-likeness (QED) is 0.618. The first-order valence-corrected chi connectivity index (χ1v) is 9.72. The molecular weight excluding hydrogens is 346 g/mol. The van der Waals surface area contributed by atoms with E-state index in [0.29, 0.717) is 12.2 Å². The van der Waals surface area contributed by atoms with Crippen molar-refractivity contribution in [2.24, 2.45) is 0 Å². The molecule has 2 aromatic carbocycles. The number of amides is 1. The van der Waals surface area contributed by atoms with E-state index in [9.17, 15) is 4.79 Å². The first kappa shape index (κ1) is 19.6. The molecule has 0 aliphatic rings. The number of rotatable bonds is 8. The summed E-state index contributed by atoms with van der Waals surface area (Å²) in [5, 5.41) is 3.40. The standard InChI is InChI=1S/C24H27N3O/c1-19(2)27(18-21-11-7-4-8-12-21)24(28)23-17-22(14-16-26-23)25-15-13-20-9-5-3-6-10-20/h3-12,14,16-17,19H,13,15,18H2,1-2H3,(H,25,26). The van der Waals surface area contributed by atoms with E-state index in [1.54, 1.807) is 6.20 Å². The summed E-state index contributed by atoms with van der Waals surface area (Å²) in [6.07, 6.45) is 2.62. The van der Waals surface area contributed by atoms with Gasteiger partial charge in [0.05, 0.1) is 0 Å². The molecule has 0 unspecified atom stereocenters. The number of anilines is 1. The molecule has 4 nitrogen and oxygen atoms in total. The Morgan fingerprint density at radius 3 is 2.25 bits per heavy atom. The van der Waals surface area contributed by atoms with Crippen LogP contribution in [0.2, 0.25) is 0 Å². The Bertz CT molecular complexity index is 879. The van der Waals surface area contributed by atoms with Gasteiger partial charge in [0.15, 0.2) is 0 Å². The number of nitrogens with zero attached hydrogens (tertiary/aromatic N) is 2. The molecule has 0 fully saturated rings. The Hall–Kier alpha value is -3.14. The van der Waals surface area contributed by atoms with Crippen LogP contribution in [0, 0.1) is 0 Å². The summed E-state index contributed by atoms with van der Waals surface area (Å²) in [6.45, 7) is 5.44. The summed E-state index contributed by atoms with van der Waals surface area (Å²) in [5.74, 6) is -0.0504. The Morgan fingerprint density at radius 1 is 0.964 bits per heavy atom. The summed E-state index contributed by atoms with van der Waals surface area (Å²) >= 11 is 0. The molecule has 0 aliphatic heterocycles. The maximum atomic E-state index is 13.1. The van der Waals surface area contributed by atoms with E-state index in [4.69, 9.17) is 0 Å². The fourth-order valence-electron chi connectivity index (χ4n) is 3.07. The first-order valence-electron chi connectivity index (χ1n) is 9.72. The highest BCUT2D eigenvalue weighted by Crippen LogP contribution is 2.15. The van der Waals surface area contributed by atoms with Crippen molar-refractivity contribution in [3.8, 4) is 0 Å². The molecule has 0 atom stereocenters. The average Bonchev–Trinajstić information content (AvgIpc) is 2.73. The maximum absolute atomic E-state index is 13.1. The number of hydrogen-bond donors (Lipinski definition) is 1. The fraction of sp³-hybridized carbons (Fsp3) is 0.250. The second-order valence-electron chi connectivity index (χ2n) is 7.10. The van der Waals surface area contributed by atoms with Crippen LogP contribution >= 0.6 is 0 Å². The zero-order chi connectivity index (χ0) is 19.8. The van der Waals surface area contributed by atoms with E-state index in [2.05, 4.69) is 22.4 Å². The number of hydrogen-bond acceptors (Lipinski definition) is 3. The summed E-state index contributed by atoms with van der Waals surface area (Å²) in [6, 6.07) is 24.2. The molecule has 0 radical (unpaired) electrons. The van der Waals surface area contributed by atoms with Gasteiger partial charge in [0.2, 0.25) is 0 Å². The predicted molar refractivity (Wildman–Crippen MR) is 114 cm³/mol. The van der Waals surface area contributed by atoms with Crippen molar-refractivity contribution in [1.29, 1.82) is 0 Å². The monoisotopic (exact) mass is 373 g/mol. The molecule has 0 spiro atoms. The van der Waals surface area contributed by atoms with Crippen molar-refractivity contribution in [3.63, 3.8) is 0 Å². The van der Waals surface area contributed by atoms with Gasteiger partial charge in [-0.1, -0.05) is 60.7 Å². The van der Waals surface area contributed by atoms with Crippen molar-refractivity contribution in [1.82, 2.24) is 9.88 Å². The highest BCUT2D eigenvalue weighted by atomic mass is 16.2. The predicted octanol–water partition coefficient (Wildman–Crippen LogP) is 4.79. The Balaban J connectivity index is 1.66. The lowest BCUT2D eigenvalue weighted by Gasteiger charge is -2.26. The number of aromatic nitrogens is 1. The van der Waals surface area contributed by atoms with Crippen molar-refractivity contribution in [2.45, 2.75) is 32.9 Å². The SMILES string of the molecule is CC(C)N(Cc1ccccc1)C(=O)c1cc(NCCc2ccccc2)ccn1. The van der Waals surface area contributed by atoms with Crippen LogP contribution in [0.25, 0.3) is 0 Å². The smallest absolute Gasteiger partial charge is 0.273 e. The van der Waals surface area contributed by atoms with Gasteiger partial charge in [-0.2, -0.15) is 0 Å². The van der Waals surface area contributed by atoms with E-state index in [1.165, 1.54) is 5.56 Å². The van der Waals surface area contributed by atoms with Gasteiger partial charge in [0, 0.05) is 31.0 Å². The first-order chi connectivity index (χ1) is 13.6. The lowest BCUT2D eigenvalue weighted by molar-refractivity contribution is 0.0684. The molecule has 0 saturated heterocycles. The normalized spacial score (nSPS) is 10.7. The number of benzene rings is 2. The maximum Gasteiger partial charge on any atom is 0.273 e. The highest BCUT2D eigenvalue weighted by molar-refractivity contribution is 5.93. The number of pyridine rings is 1. The lowest BCUT2D eigenvalue weighted by Crippen LogP contribution is -2.36. The third-order valence-electron chi connectivity index (χ3n) is 4.64. The summed E-state index contributed by atoms with van der Waals surface area (Å²) < 4.78 is 0. The minimum Gasteiger partial charge on any atom is -0.385 e. The van der Waals surface area contributed by atoms with Gasteiger partial charge in [-0.3, -0.25) is 9.78 Å². The third kappa shape index (κ3) is 5.43. The molecule has 0 bridgehead atoms. The van der Waals surface area contributed by atoms with E-state index in [1.807, 2.05) is 79.4 Å². The van der Waals surface area contributed by atoms with Gasteiger partial charge in [-0.15, -0.1) is 0 Å². The van der Waals surface area contributed by atoms with E-state index >= 15 is 0 Å². The summed E-state index contributed by atoms with van der Waals surface area (Å²) in [7, 11) is 0. The van der Waals surface area contributed by atoms with E-state index in [-0.39, 0.29) is 11.9 Å². The van der Waals surface area contributed by atoms with Gasteiger partial charge >= 0.3 is 0 Å². The summed E-state index contributed by atoms with van der Waals surface area (Å²) in [5.41, 5.74) is 3.78. The molecule has 1 N–H and O–H groups in total. The van der Waals surface area contributed by atoms with Gasteiger partial charge in [-0.25, -0.2) is 0 Å². The number of nitrogens with one attached hydrogen (secondary N) is 1. The van der Waals surface area contributed by atoms with Crippen LogP contribution in [0.5, 0.6) is 0 Å². The molecule has 3 rings (SSSR count). The molecule has 144 valence electrons. The van der Waals surface area contributed by atoms with Crippen LogP contribution in [0.4, 0.5) is 5.69 Å². The fourth-order valence-corrected chi connectivity index (χ4v) is 3.07. The summed E-state index contributed by atoms with van der Waals surface area (Å²) in [4.78, 5) is 19.2. The third-order valence-corrected chi connectivity index (χ3v) is 4.64. The van der Waals surface area contributed by atoms with E-state index in [0.717, 1.165) is 24.2 Å². The molecule has 28 heavy (non-hydrogen) atoms. The zero-order valence-electron chi connectivity index (χ0n) is 16.5. The van der Waals surface area contributed by atoms with Crippen molar-refractivity contribution >= 4 is 11.6 Å². The second kappa shape index (κ2) is 9.70. The van der Waals surface area contributed by atoms with Gasteiger partial charge in [-0.05, 0) is 43.5 Å². The molecule has 0 aliphatic carbocycles. The molecule has 1 amide bonds.